The average Bonchev–Trinajstić information content (AvgIpc) is 3.24. The monoisotopic (exact) mass is 301 g/mol. The van der Waals surface area contributed by atoms with E-state index in [0.29, 0.717) is 0 Å². The molecule has 1 saturated heterocycles. The molecule has 2 aliphatic rings. The maximum Gasteiger partial charge on any atom is 0.241 e. The summed E-state index contributed by atoms with van der Waals surface area (Å²) in [4.78, 5) is 19.7. The summed E-state index contributed by atoms with van der Waals surface area (Å²) in [6.45, 7) is 4.29. The van der Waals surface area contributed by atoms with Crippen LogP contribution in [-0.2, 0) is 4.79 Å². The van der Waals surface area contributed by atoms with E-state index in [-0.39, 0.29) is 17.5 Å². The van der Waals surface area contributed by atoms with Gasteiger partial charge in [0.1, 0.15) is 5.54 Å². The standard InChI is InChI=1S/C18H27N3O/c1-2-16(15-7-11-19-12-8-15)20-17(22)18(9-3-4-10-18)21-13-5-6-14-21/h7-8,11-12,16H,2-6,9-10,13-14H2,1H3,(H,20,22)/t16-/m1/s1. The van der Waals surface area contributed by atoms with E-state index in [4.69, 9.17) is 0 Å². The predicted octanol–water partition coefficient (Wildman–Crippen LogP) is 3.06. The van der Waals surface area contributed by atoms with Gasteiger partial charge in [-0.25, -0.2) is 0 Å². The van der Waals surface area contributed by atoms with Crippen LogP contribution in [0.25, 0.3) is 0 Å². The Morgan fingerprint density at radius 1 is 1.23 bits per heavy atom. The topological polar surface area (TPSA) is 45.2 Å². The van der Waals surface area contributed by atoms with Crippen molar-refractivity contribution in [3.05, 3.63) is 30.1 Å². The largest absolute Gasteiger partial charge is 0.348 e. The lowest BCUT2D eigenvalue weighted by Gasteiger charge is -2.38. The highest BCUT2D eigenvalue weighted by atomic mass is 16.2. The maximum absolute atomic E-state index is 13.1. The van der Waals surface area contributed by atoms with Crippen LogP contribution in [-0.4, -0.2) is 34.4 Å². The molecular weight excluding hydrogens is 274 g/mol. The number of nitrogens with zero attached hydrogens (tertiary/aromatic N) is 2. The summed E-state index contributed by atoms with van der Waals surface area (Å²) >= 11 is 0. The van der Waals surface area contributed by atoms with Gasteiger partial charge in [0.2, 0.25) is 5.91 Å². The number of pyridine rings is 1. The number of aromatic nitrogens is 1. The Balaban J connectivity index is 1.76. The minimum absolute atomic E-state index is 0.0931. The first kappa shape index (κ1) is 15.5. The fraction of sp³-hybridized carbons (Fsp3) is 0.667. The first-order chi connectivity index (χ1) is 10.8. The Bertz CT molecular complexity index is 490. The van der Waals surface area contributed by atoms with E-state index in [1.54, 1.807) is 12.4 Å². The Labute approximate surface area is 133 Å². The van der Waals surface area contributed by atoms with Gasteiger partial charge in [-0.1, -0.05) is 19.8 Å². The molecule has 1 N–H and O–H groups in total. The van der Waals surface area contributed by atoms with Gasteiger partial charge in [0.25, 0.3) is 0 Å². The highest BCUT2D eigenvalue weighted by Crippen LogP contribution is 2.38. The van der Waals surface area contributed by atoms with Crippen molar-refractivity contribution in [2.75, 3.05) is 13.1 Å². The molecule has 1 atom stereocenters. The zero-order valence-corrected chi connectivity index (χ0v) is 13.6. The molecule has 120 valence electrons. The third-order valence-electron chi connectivity index (χ3n) is 5.39. The van der Waals surface area contributed by atoms with Crippen LogP contribution in [0.5, 0.6) is 0 Å². The Morgan fingerprint density at radius 2 is 1.86 bits per heavy atom. The van der Waals surface area contributed by atoms with Crippen molar-refractivity contribution in [3.63, 3.8) is 0 Å². The van der Waals surface area contributed by atoms with Crippen LogP contribution in [0.2, 0.25) is 0 Å². The van der Waals surface area contributed by atoms with Gasteiger partial charge in [-0.2, -0.15) is 0 Å². The molecule has 1 saturated carbocycles. The normalized spacial score (nSPS) is 22.6. The zero-order chi connectivity index (χ0) is 15.4. The van der Waals surface area contributed by atoms with Gasteiger partial charge >= 0.3 is 0 Å². The van der Waals surface area contributed by atoms with Crippen LogP contribution in [0.15, 0.2) is 24.5 Å². The zero-order valence-electron chi connectivity index (χ0n) is 13.6. The number of carbonyl (C=O) groups is 1. The first-order valence-corrected chi connectivity index (χ1v) is 8.72. The molecule has 2 fully saturated rings. The molecular formula is C18H27N3O. The van der Waals surface area contributed by atoms with E-state index < -0.39 is 0 Å². The third-order valence-corrected chi connectivity index (χ3v) is 5.39. The van der Waals surface area contributed by atoms with Gasteiger partial charge in [-0.15, -0.1) is 0 Å². The Hall–Kier alpha value is -1.42. The maximum atomic E-state index is 13.1. The van der Waals surface area contributed by atoms with Crippen molar-refractivity contribution >= 4 is 5.91 Å². The van der Waals surface area contributed by atoms with Crippen molar-refractivity contribution < 1.29 is 4.79 Å². The van der Waals surface area contributed by atoms with Gasteiger partial charge in [-0.3, -0.25) is 14.7 Å². The van der Waals surface area contributed by atoms with Crippen LogP contribution in [0.4, 0.5) is 0 Å². The molecule has 0 spiro atoms. The van der Waals surface area contributed by atoms with E-state index in [1.165, 1.54) is 25.7 Å². The third kappa shape index (κ3) is 2.89. The number of likely N-dealkylation sites (tertiary alicyclic amines) is 1. The molecule has 0 radical (unpaired) electrons. The number of rotatable bonds is 5. The van der Waals surface area contributed by atoms with Crippen LogP contribution < -0.4 is 5.32 Å². The first-order valence-electron chi connectivity index (χ1n) is 8.72. The molecule has 4 nitrogen and oxygen atoms in total. The van der Waals surface area contributed by atoms with E-state index in [1.807, 2.05) is 12.1 Å². The van der Waals surface area contributed by atoms with Gasteiger partial charge < -0.3 is 5.32 Å². The van der Waals surface area contributed by atoms with Crippen LogP contribution in [0.3, 0.4) is 0 Å². The molecule has 0 unspecified atom stereocenters. The summed E-state index contributed by atoms with van der Waals surface area (Å²) in [5, 5.41) is 3.33. The summed E-state index contributed by atoms with van der Waals surface area (Å²) in [6.07, 6.45) is 11.4. The summed E-state index contributed by atoms with van der Waals surface area (Å²) in [5.74, 6) is 0.246. The molecule has 3 rings (SSSR count). The lowest BCUT2D eigenvalue weighted by Crippen LogP contribution is -2.56. The molecule has 22 heavy (non-hydrogen) atoms. The average molecular weight is 301 g/mol. The molecule has 4 heteroatoms. The fourth-order valence-corrected chi connectivity index (χ4v) is 4.10. The summed E-state index contributed by atoms with van der Waals surface area (Å²) in [6, 6.07) is 4.10. The highest BCUT2D eigenvalue weighted by Gasteiger charge is 2.47. The minimum atomic E-state index is -0.239. The molecule has 0 bridgehead atoms. The van der Waals surface area contributed by atoms with Gasteiger partial charge in [0.15, 0.2) is 0 Å². The van der Waals surface area contributed by atoms with Crippen molar-refractivity contribution in [3.8, 4) is 0 Å². The summed E-state index contributed by atoms with van der Waals surface area (Å²) in [7, 11) is 0. The quantitative estimate of drug-likeness (QED) is 0.909. The lowest BCUT2D eigenvalue weighted by molar-refractivity contribution is -0.133. The molecule has 1 aliphatic heterocycles. The van der Waals surface area contributed by atoms with E-state index in [2.05, 4.69) is 22.1 Å². The molecule has 1 aliphatic carbocycles. The Kier molecular flexibility index (Phi) is 4.77. The van der Waals surface area contributed by atoms with Gasteiger partial charge in [-0.05, 0) is 62.9 Å². The number of carbonyl (C=O) groups excluding carboxylic acids is 1. The number of hydrogen-bond acceptors (Lipinski definition) is 3. The minimum Gasteiger partial charge on any atom is -0.348 e. The predicted molar refractivity (Wildman–Crippen MR) is 87.4 cm³/mol. The second-order valence-electron chi connectivity index (χ2n) is 6.65. The SMILES string of the molecule is CC[C@@H](NC(=O)C1(N2CCCC2)CCCC1)c1ccncc1. The van der Waals surface area contributed by atoms with Crippen LogP contribution in [0, 0.1) is 0 Å². The van der Waals surface area contributed by atoms with E-state index >= 15 is 0 Å². The van der Waals surface area contributed by atoms with E-state index in [0.717, 1.165) is 37.9 Å². The van der Waals surface area contributed by atoms with Crippen molar-refractivity contribution in [1.82, 2.24) is 15.2 Å². The van der Waals surface area contributed by atoms with E-state index in [9.17, 15) is 4.79 Å². The van der Waals surface area contributed by atoms with Crippen molar-refractivity contribution in [2.24, 2.45) is 0 Å². The van der Waals surface area contributed by atoms with Crippen LogP contribution >= 0.6 is 0 Å². The molecule has 1 amide bonds. The van der Waals surface area contributed by atoms with Crippen molar-refractivity contribution in [1.29, 1.82) is 0 Å². The number of nitrogens with one attached hydrogen (secondary N) is 1. The van der Waals surface area contributed by atoms with Crippen molar-refractivity contribution in [2.45, 2.75) is 63.5 Å². The molecule has 2 heterocycles. The highest BCUT2D eigenvalue weighted by molar-refractivity contribution is 5.87. The van der Waals surface area contributed by atoms with Gasteiger partial charge in [0, 0.05) is 12.4 Å². The Morgan fingerprint density at radius 3 is 2.45 bits per heavy atom. The second-order valence-corrected chi connectivity index (χ2v) is 6.65. The van der Waals surface area contributed by atoms with Gasteiger partial charge in [0.05, 0.1) is 6.04 Å². The summed E-state index contributed by atoms with van der Waals surface area (Å²) in [5.41, 5.74) is 0.914. The molecule has 1 aromatic rings. The lowest BCUT2D eigenvalue weighted by atomic mass is 9.92. The number of hydrogen-bond donors (Lipinski definition) is 1. The number of amides is 1. The molecule has 0 aromatic carbocycles. The summed E-state index contributed by atoms with van der Waals surface area (Å²) < 4.78 is 0. The second kappa shape index (κ2) is 6.78. The smallest absolute Gasteiger partial charge is 0.241 e. The fourth-order valence-electron chi connectivity index (χ4n) is 4.10. The van der Waals surface area contributed by atoms with Crippen LogP contribution in [0.1, 0.15) is 63.5 Å². The molecule has 1 aromatic heterocycles.